The van der Waals surface area contributed by atoms with Crippen molar-refractivity contribution in [2.75, 3.05) is 7.11 Å². The average Bonchev–Trinajstić information content (AvgIpc) is 2.76. The van der Waals surface area contributed by atoms with Gasteiger partial charge in [-0.25, -0.2) is 4.98 Å². The van der Waals surface area contributed by atoms with Gasteiger partial charge in [0.1, 0.15) is 0 Å². The van der Waals surface area contributed by atoms with E-state index >= 15 is 0 Å². The number of ether oxygens (including phenoxy) is 1. The van der Waals surface area contributed by atoms with Crippen LogP contribution in [0.2, 0.25) is 0 Å². The summed E-state index contributed by atoms with van der Waals surface area (Å²) in [4.78, 5) is 4.07. The van der Waals surface area contributed by atoms with Crippen molar-refractivity contribution < 1.29 is 4.74 Å². The summed E-state index contributed by atoms with van der Waals surface area (Å²) in [5.74, 6) is 0.643. The van der Waals surface area contributed by atoms with Crippen LogP contribution < -0.4 is 10.1 Å². The van der Waals surface area contributed by atoms with E-state index in [1.807, 2.05) is 29.9 Å². The van der Waals surface area contributed by atoms with E-state index in [0.29, 0.717) is 5.88 Å². The zero-order valence-electron chi connectivity index (χ0n) is 10.1. The van der Waals surface area contributed by atoms with E-state index in [2.05, 4.69) is 15.4 Å². The van der Waals surface area contributed by atoms with Gasteiger partial charge in [-0.15, -0.1) is 0 Å². The largest absolute Gasteiger partial charge is 0.481 e. The van der Waals surface area contributed by atoms with Crippen LogP contribution in [0.4, 0.5) is 0 Å². The molecule has 0 atom stereocenters. The Balaban J connectivity index is 1.87. The Kier molecular flexibility index (Phi) is 3.72. The average molecular weight is 232 g/mol. The standard InChI is InChI=1S/C12H16N4O/c1-16-11(4-6-15-16)9-13-8-10-3-5-14-12(7-10)17-2/h3-7,13H,8-9H2,1-2H3. The molecule has 0 fully saturated rings. The lowest BCUT2D eigenvalue weighted by Gasteiger charge is -2.06. The van der Waals surface area contributed by atoms with Gasteiger partial charge in [0.15, 0.2) is 0 Å². The molecule has 0 saturated heterocycles. The molecule has 2 aromatic rings. The third kappa shape index (κ3) is 3.04. The van der Waals surface area contributed by atoms with Gasteiger partial charge in [0, 0.05) is 38.6 Å². The number of hydrogen-bond donors (Lipinski definition) is 1. The van der Waals surface area contributed by atoms with E-state index in [4.69, 9.17) is 4.74 Å². The number of aryl methyl sites for hydroxylation is 1. The highest BCUT2D eigenvalue weighted by Gasteiger charge is 1.99. The molecular weight excluding hydrogens is 216 g/mol. The second kappa shape index (κ2) is 5.45. The summed E-state index contributed by atoms with van der Waals surface area (Å²) in [5.41, 5.74) is 2.31. The van der Waals surface area contributed by atoms with Crippen LogP contribution in [0.1, 0.15) is 11.3 Å². The first-order chi connectivity index (χ1) is 8.29. The normalized spacial score (nSPS) is 10.5. The van der Waals surface area contributed by atoms with Crippen LogP contribution >= 0.6 is 0 Å². The fourth-order valence-corrected chi connectivity index (χ4v) is 1.58. The maximum absolute atomic E-state index is 5.07. The van der Waals surface area contributed by atoms with Crippen molar-refractivity contribution in [1.82, 2.24) is 20.1 Å². The molecule has 5 nitrogen and oxygen atoms in total. The molecule has 0 radical (unpaired) electrons. The Morgan fingerprint density at radius 2 is 2.18 bits per heavy atom. The van der Waals surface area contributed by atoms with E-state index in [9.17, 15) is 0 Å². The first kappa shape index (κ1) is 11.6. The molecule has 0 aromatic carbocycles. The Morgan fingerprint density at radius 1 is 1.29 bits per heavy atom. The minimum absolute atomic E-state index is 0.643. The lowest BCUT2D eigenvalue weighted by Crippen LogP contribution is -2.15. The minimum atomic E-state index is 0.643. The van der Waals surface area contributed by atoms with Crippen LogP contribution in [-0.2, 0) is 20.1 Å². The summed E-state index contributed by atoms with van der Waals surface area (Å²) in [6, 6.07) is 5.90. The molecule has 0 saturated carbocycles. The van der Waals surface area contributed by atoms with Crippen molar-refractivity contribution in [3.8, 4) is 5.88 Å². The fourth-order valence-electron chi connectivity index (χ4n) is 1.58. The number of pyridine rings is 1. The first-order valence-corrected chi connectivity index (χ1v) is 5.46. The van der Waals surface area contributed by atoms with Crippen LogP contribution in [-0.4, -0.2) is 21.9 Å². The summed E-state index contributed by atoms with van der Waals surface area (Å²) < 4.78 is 6.93. The SMILES string of the molecule is COc1cc(CNCc2ccnn2C)ccn1. The highest BCUT2D eigenvalue weighted by molar-refractivity contribution is 5.20. The highest BCUT2D eigenvalue weighted by Crippen LogP contribution is 2.08. The van der Waals surface area contributed by atoms with Crippen LogP contribution in [0.5, 0.6) is 5.88 Å². The second-order valence-corrected chi connectivity index (χ2v) is 3.76. The van der Waals surface area contributed by atoms with Gasteiger partial charge in [-0.05, 0) is 17.7 Å². The highest BCUT2D eigenvalue weighted by atomic mass is 16.5. The van der Waals surface area contributed by atoms with Crippen LogP contribution in [0.3, 0.4) is 0 Å². The summed E-state index contributed by atoms with van der Waals surface area (Å²) in [5, 5.41) is 7.47. The van der Waals surface area contributed by atoms with Gasteiger partial charge in [-0.2, -0.15) is 5.10 Å². The van der Waals surface area contributed by atoms with Crippen molar-refractivity contribution in [2.45, 2.75) is 13.1 Å². The van der Waals surface area contributed by atoms with E-state index in [1.165, 1.54) is 0 Å². The molecule has 0 unspecified atom stereocenters. The number of methoxy groups -OCH3 is 1. The van der Waals surface area contributed by atoms with Gasteiger partial charge in [-0.3, -0.25) is 4.68 Å². The van der Waals surface area contributed by atoms with Crippen LogP contribution in [0, 0.1) is 0 Å². The Labute approximate surface area is 100 Å². The number of rotatable bonds is 5. The molecule has 17 heavy (non-hydrogen) atoms. The van der Waals surface area contributed by atoms with Gasteiger partial charge < -0.3 is 10.1 Å². The number of nitrogens with zero attached hydrogens (tertiary/aromatic N) is 3. The molecule has 90 valence electrons. The van der Waals surface area contributed by atoms with Crippen LogP contribution in [0.25, 0.3) is 0 Å². The molecule has 0 bridgehead atoms. The lowest BCUT2D eigenvalue weighted by atomic mass is 10.2. The zero-order chi connectivity index (χ0) is 12.1. The van der Waals surface area contributed by atoms with Gasteiger partial charge in [0.2, 0.25) is 5.88 Å². The monoisotopic (exact) mass is 232 g/mol. The van der Waals surface area contributed by atoms with E-state index in [0.717, 1.165) is 24.3 Å². The fraction of sp³-hybridized carbons (Fsp3) is 0.333. The molecule has 0 aliphatic carbocycles. The predicted molar refractivity (Wildman–Crippen MR) is 64.5 cm³/mol. The van der Waals surface area contributed by atoms with E-state index in [1.54, 1.807) is 19.5 Å². The van der Waals surface area contributed by atoms with Gasteiger partial charge >= 0.3 is 0 Å². The van der Waals surface area contributed by atoms with E-state index in [-0.39, 0.29) is 0 Å². The summed E-state index contributed by atoms with van der Waals surface area (Å²) in [6.07, 6.45) is 3.55. The van der Waals surface area contributed by atoms with Crippen molar-refractivity contribution >= 4 is 0 Å². The topological polar surface area (TPSA) is 52.0 Å². The number of nitrogens with one attached hydrogen (secondary N) is 1. The maximum atomic E-state index is 5.07. The molecule has 2 aromatic heterocycles. The molecule has 5 heteroatoms. The summed E-state index contributed by atoms with van der Waals surface area (Å²) in [6.45, 7) is 1.57. The third-order valence-corrected chi connectivity index (χ3v) is 2.57. The predicted octanol–water partition coefficient (Wildman–Crippen LogP) is 1.11. The molecule has 2 rings (SSSR count). The quantitative estimate of drug-likeness (QED) is 0.839. The lowest BCUT2D eigenvalue weighted by molar-refractivity contribution is 0.397. The van der Waals surface area contributed by atoms with Gasteiger partial charge in [-0.1, -0.05) is 0 Å². The van der Waals surface area contributed by atoms with Gasteiger partial charge in [0.05, 0.1) is 12.8 Å². The zero-order valence-corrected chi connectivity index (χ0v) is 10.1. The Morgan fingerprint density at radius 3 is 2.88 bits per heavy atom. The van der Waals surface area contributed by atoms with E-state index < -0.39 is 0 Å². The number of hydrogen-bond acceptors (Lipinski definition) is 4. The van der Waals surface area contributed by atoms with Crippen molar-refractivity contribution in [1.29, 1.82) is 0 Å². The molecular formula is C12H16N4O. The smallest absolute Gasteiger partial charge is 0.213 e. The summed E-state index contributed by atoms with van der Waals surface area (Å²) >= 11 is 0. The Hall–Kier alpha value is -1.88. The Bertz CT molecular complexity index is 481. The molecule has 0 spiro atoms. The number of aromatic nitrogens is 3. The molecule has 2 heterocycles. The maximum Gasteiger partial charge on any atom is 0.213 e. The molecule has 1 N–H and O–H groups in total. The minimum Gasteiger partial charge on any atom is -0.481 e. The summed E-state index contributed by atoms with van der Waals surface area (Å²) in [7, 11) is 3.56. The van der Waals surface area contributed by atoms with Crippen molar-refractivity contribution in [3.63, 3.8) is 0 Å². The van der Waals surface area contributed by atoms with Crippen LogP contribution in [0.15, 0.2) is 30.6 Å². The first-order valence-electron chi connectivity index (χ1n) is 5.46. The molecule has 0 amide bonds. The van der Waals surface area contributed by atoms with Crippen molar-refractivity contribution in [2.24, 2.45) is 7.05 Å². The molecule has 0 aliphatic rings. The molecule has 0 aliphatic heterocycles. The van der Waals surface area contributed by atoms with Gasteiger partial charge in [0.25, 0.3) is 0 Å². The second-order valence-electron chi connectivity index (χ2n) is 3.76. The third-order valence-electron chi connectivity index (χ3n) is 2.57. The van der Waals surface area contributed by atoms with Crippen molar-refractivity contribution in [3.05, 3.63) is 41.9 Å².